The summed E-state index contributed by atoms with van der Waals surface area (Å²) >= 11 is 0. The molecule has 2 aromatic carbocycles. The molecule has 0 saturated carbocycles. The maximum atomic E-state index is 12.4. The van der Waals surface area contributed by atoms with Crippen molar-refractivity contribution in [1.82, 2.24) is 10.0 Å². The summed E-state index contributed by atoms with van der Waals surface area (Å²) in [5.74, 6) is -0.290. The zero-order valence-electron chi connectivity index (χ0n) is 14.8. The molecule has 0 unspecified atom stereocenters. The SMILES string of the molecule is CCNS(=O)(=O)c1ccc(C)c(C(=O)NCCc2ccc(N)cc2)c1.Cl. The molecule has 0 aromatic heterocycles. The van der Waals surface area contributed by atoms with Crippen molar-refractivity contribution in [2.75, 3.05) is 18.8 Å². The fourth-order valence-corrected chi connectivity index (χ4v) is 3.45. The minimum absolute atomic E-state index is 0. The lowest BCUT2D eigenvalue weighted by Crippen LogP contribution is -2.27. The summed E-state index contributed by atoms with van der Waals surface area (Å²) in [7, 11) is -3.59. The Morgan fingerprint density at radius 1 is 1.12 bits per heavy atom. The lowest BCUT2D eigenvalue weighted by molar-refractivity contribution is 0.0953. The van der Waals surface area contributed by atoms with Gasteiger partial charge in [-0.25, -0.2) is 13.1 Å². The van der Waals surface area contributed by atoms with Gasteiger partial charge < -0.3 is 11.1 Å². The second-order valence-electron chi connectivity index (χ2n) is 5.73. The van der Waals surface area contributed by atoms with E-state index in [0.29, 0.717) is 30.8 Å². The Hall–Kier alpha value is -2.09. The van der Waals surface area contributed by atoms with E-state index in [1.165, 1.54) is 12.1 Å². The second kappa shape index (κ2) is 9.56. The van der Waals surface area contributed by atoms with E-state index in [1.807, 2.05) is 24.3 Å². The molecular formula is C18H24ClN3O3S. The topological polar surface area (TPSA) is 101 Å². The number of nitrogen functional groups attached to an aromatic ring is 1. The number of benzene rings is 2. The van der Waals surface area contributed by atoms with Gasteiger partial charge in [-0.3, -0.25) is 4.79 Å². The smallest absolute Gasteiger partial charge is 0.251 e. The standard InChI is InChI=1S/C18H23N3O3S.ClH/c1-3-21-25(23,24)16-9-4-13(2)17(12-16)18(22)20-11-10-14-5-7-15(19)8-6-14;/h4-9,12,21H,3,10-11,19H2,1-2H3,(H,20,22);1H. The molecule has 1 amide bonds. The number of carbonyl (C=O) groups is 1. The van der Waals surface area contributed by atoms with E-state index < -0.39 is 10.0 Å². The highest BCUT2D eigenvalue weighted by atomic mass is 35.5. The quantitative estimate of drug-likeness (QED) is 0.623. The third kappa shape index (κ3) is 5.72. The minimum atomic E-state index is -3.59. The molecule has 8 heteroatoms. The average Bonchev–Trinajstić information content (AvgIpc) is 2.56. The zero-order chi connectivity index (χ0) is 18.4. The van der Waals surface area contributed by atoms with Crippen LogP contribution in [0.4, 0.5) is 5.69 Å². The molecule has 6 nitrogen and oxygen atoms in total. The predicted octanol–water partition coefficient (Wildman–Crippen LogP) is 2.27. The van der Waals surface area contributed by atoms with E-state index in [9.17, 15) is 13.2 Å². The molecule has 0 radical (unpaired) electrons. The zero-order valence-corrected chi connectivity index (χ0v) is 16.4. The molecule has 2 rings (SSSR count). The Morgan fingerprint density at radius 3 is 2.38 bits per heavy atom. The number of amides is 1. The molecular weight excluding hydrogens is 374 g/mol. The van der Waals surface area contributed by atoms with E-state index in [0.717, 1.165) is 11.1 Å². The maximum Gasteiger partial charge on any atom is 0.251 e. The van der Waals surface area contributed by atoms with Gasteiger partial charge in [0.25, 0.3) is 5.91 Å². The van der Waals surface area contributed by atoms with Crippen molar-refractivity contribution >= 4 is 34.0 Å². The minimum Gasteiger partial charge on any atom is -0.399 e. The molecule has 4 N–H and O–H groups in total. The van der Waals surface area contributed by atoms with Crippen molar-refractivity contribution < 1.29 is 13.2 Å². The molecule has 142 valence electrons. The Labute approximate surface area is 160 Å². The highest BCUT2D eigenvalue weighted by Crippen LogP contribution is 2.15. The third-order valence-corrected chi connectivity index (χ3v) is 5.32. The Bertz CT molecular complexity index is 852. The summed E-state index contributed by atoms with van der Waals surface area (Å²) < 4.78 is 26.6. The Morgan fingerprint density at radius 2 is 1.77 bits per heavy atom. The fourth-order valence-electron chi connectivity index (χ4n) is 2.39. The molecule has 0 spiro atoms. The van der Waals surface area contributed by atoms with Gasteiger partial charge in [0.1, 0.15) is 0 Å². The van der Waals surface area contributed by atoms with E-state index in [2.05, 4.69) is 10.0 Å². The summed E-state index contributed by atoms with van der Waals surface area (Å²) in [6.45, 7) is 4.22. The number of sulfonamides is 1. The van der Waals surface area contributed by atoms with Crippen LogP contribution in [0.3, 0.4) is 0 Å². The number of nitrogens with one attached hydrogen (secondary N) is 2. The number of aryl methyl sites for hydroxylation is 1. The molecule has 0 aliphatic rings. The van der Waals surface area contributed by atoms with Gasteiger partial charge in [-0.1, -0.05) is 25.1 Å². The molecule has 0 fully saturated rings. The van der Waals surface area contributed by atoms with E-state index >= 15 is 0 Å². The van der Waals surface area contributed by atoms with Gasteiger partial charge in [-0.05, 0) is 48.7 Å². The lowest BCUT2D eigenvalue weighted by Gasteiger charge is -2.11. The monoisotopic (exact) mass is 397 g/mol. The molecule has 0 aliphatic heterocycles. The van der Waals surface area contributed by atoms with Gasteiger partial charge in [0.2, 0.25) is 10.0 Å². The number of hydrogen-bond donors (Lipinski definition) is 3. The van der Waals surface area contributed by atoms with Crippen molar-refractivity contribution in [3.05, 3.63) is 59.2 Å². The van der Waals surface area contributed by atoms with E-state index in [-0.39, 0.29) is 23.2 Å². The van der Waals surface area contributed by atoms with Gasteiger partial charge in [-0.15, -0.1) is 12.4 Å². The number of rotatable bonds is 7. The largest absolute Gasteiger partial charge is 0.399 e. The molecule has 2 aromatic rings. The number of anilines is 1. The van der Waals surface area contributed by atoms with Crippen molar-refractivity contribution in [2.24, 2.45) is 0 Å². The molecule has 0 atom stereocenters. The van der Waals surface area contributed by atoms with Gasteiger partial charge in [0, 0.05) is 24.3 Å². The highest BCUT2D eigenvalue weighted by molar-refractivity contribution is 7.89. The van der Waals surface area contributed by atoms with Crippen molar-refractivity contribution in [2.45, 2.75) is 25.2 Å². The number of hydrogen-bond acceptors (Lipinski definition) is 4. The van der Waals surface area contributed by atoms with Crippen LogP contribution in [0, 0.1) is 6.92 Å². The highest BCUT2D eigenvalue weighted by Gasteiger charge is 2.17. The van der Waals surface area contributed by atoms with Crippen LogP contribution in [0.1, 0.15) is 28.4 Å². The second-order valence-corrected chi connectivity index (χ2v) is 7.49. The average molecular weight is 398 g/mol. The summed E-state index contributed by atoms with van der Waals surface area (Å²) in [5.41, 5.74) is 8.48. The Balaban J connectivity index is 0.00000338. The first-order valence-corrected chi connectivity index (χ1v) is 9.54. The van der Waals surface area contributed by atoms with Crippen LogP contribution in [0.2, 0.25) is 0 Å². The van der Waals surface area contributed by atoms with Crippen LogP contribution in [0.15, 0.2) is 47.4 Å². The first kappa shape index (κ1) is 22.0. The normalized spacial score (nSPS) is 10.8. The number of nitrogens with two attached hydrogens (primary N) is 1. The maximum absolute atomic E-state index is 12.4. The first-order valence-electron chi connectivity index (χ1n) is 8.06. The number of halogens is 1. The van der Waals surface area contributed by atoms with Gasteiger partial charge >= 0.3 is 0 Å². The lowest BCUT2D eigenvalue weighted by atomic mass is 10.1. The van der Waals surface area contributed by atoms with Gasteiger partial charge in [0.05, 0.1) is 4.90 Å². The van der Waals surface area contributed by atoms with E-state index in [4.69, 9.17) is 5.73 Å². The van der Waals surface area contributed by atoms with Crippen LogP contribution < -0.4 is 15.8 Å². The molecule has 0 bridgehead atoms. The predicted molar refractivity (Wildman–Crippen MR) is 106 cm³/mol. The van der Waals surface area contributed by atoms with E-state index in [1.54, 1.807) is 19.9 Å². The summed E-state index contributed by atoms with van der Waals surface area (Å²) in [6, 6.07) is 12.0. The van der Waals surface area contributed by atoms with Gasteiger partial charge in [-0.2, -0.15) is 0 Å². The van der Waals surface area contributed by atoms with Crippen LogP contribution in [-0.2, 0) is 16.4 Å². The summed E-state index contributed by atoms with van der Waals surface area (Å²) in [5, 5.41) is 2.83. The molecule has 0 saturated heterocycles. The van der Waals surface area contributed by atoms with Crippen molar-refractivity contribution in [1.29, 1.82) is 0 Å². The third-order valence-electron chi connectivity index (χ3n) is 3.78. The van der Waals surface area contributed by atoms with Crippen molar-refractivity contribution in [3.8, 4) is 0 Å². The molecule has 26 heavy (non-hydrogen) atoms. The summed E-state index contributed by atoms with van der Waals surface area (Å²) in [6.07, 6.45) is 0.667. The van der Waals surface area contributed by atoms with Crippen LogP contribution >= 0.6 is 12.4 Å². The van der Waals surface area contributed by atoms with Crippen LogP contribution in [-0.4, -0.2) is 27.4 Å². The van der Waals surface area contributed by atoms with Gasteiger partial charge in [0.15, 0.2) is 0 Å². The van der Waals surface area contributed by atoms with Crippen LogP contribution in [0.5, 0.6) is 0 Å². The van der Waals surface area contributed by atoms with Crippen LogP contribution in [0.25, 0.3) is 0 Å². The number of carbonyl (C=O) groups excluding carboxylic acids is 1. The molecule has 0 heterocycles. The fraction of sp³-hybridized carbons (Fsp3) is 0.278. The van der Waals surface area contributed by atoms with Crippen molar-refractivity contribution in [3.63, 3.8) is 0 Å². The summed E-state index contributed by atoms with van der Waals surface area (Å²) in [4.78, 5) is 12.5. The Kier molecular flexibility index (Phi) is 8.08. The first-order chi connectivity index (χ1) is 11.8. The molecule has 0 aliphatic carbocycles.